The van der Waals surface area contributed by atoms with Crippen molar-refractivity contribution in [2.45, 2.75) is 18.7 Å². The van der Waals surface area contributed by atoms with Gasteiger partial charge in [-0.25, -0.2) is 0 Å². The van der Waals surface area contributed by atoms with Crippen molar-refractivity contribution in [2.24, 2.45) is 0 Å². The van der Waals surface area contributed by atoms with Gasteiger partial charge in [0.15, 0.2) is 5.75 Å². The van der Waals surface area contributed by atoms with E-state index in [-0.39, 0.29) is 42.9 Å². The topological polar surface area (TPSA) is 99.5 Å². The molecule has 2 amide bonds. The molecule has 2 aromatic carbocycles. The molecule has 0 bridgehead atoms. The third-order valence-corrected chi connectivity index (χ3v) is 5.27. The van der Waals surface area contributed by atoms with Crippen LogP contribution in [0.4, 0.5) is 5.69 Å². The minimum atomic E-state index is -1.34. The first-order valence-corrected chi connectivity index (χ1v) is 8.92. The Balaban J connectivity index is 0.00000256. The molecule has 2 aliphatic rings. The third kappa shape index (κ3) is 3.45. The molecule has 9 heteroatoms. The van der Waals surface area contributed by atoms with Crippen LogP contribution >= 0.6 is 0 Å². The predicted octanol–water partition coefficient (Wildman–Crippen LogP) is 1.87. The molecule has 0 aliphatic carbocycles. The third-order valence-electron chi connectivity index (χ3n) is 5.27. The number of hydrogen-bond donors (Lipinski definition) is 2. The molecule has 0 fully saturated rings. The molecule has 1 unspecified atom stereocenters. The number of phenols is 1. The molecule has 2 heterocycles. The molecule has 0 saturated carbocycles. The van der Waals surface area contributed by atoms with Gasteiger partial charge in [-0.1, -0.05) is 23.9 Å². The molecule has 1 radical (unpaired) electrons. The van der Waals surface area contributed by atoms with Crippen molar-refractivity contribution in [1.82, 2.24) is 4.90 Å². The fraction of sp³-hybridized carbons (Fsp3) is 0.238. The van der Waals surface area contributed by atoms with Gasteiger partial charge in [-0.05, 0) is 41.3 Å². The second-order valence-corrected chi connectivity index (χ2v) is 6.78. The molecule has 0 aromatic heterocycles. The van der Waals surface area contributed by atoms with Crippen LogP contribution in [0, 0.1) is 0 Å². The van der Waals surface area contributed by atoms with Gasteiger partial charge in [0.25, 0.3) is 0 Å². The zero-order valence-electron chi connectivity index (χ0n) is 16.2. The second-order valence-electron chi connectivity index (χ2n) is 6.78. The van der Waals surface area contributed by atoms with E-state index in [1.807, 2.05) is 24.3 Å². The molecule has 2 atom stereocenters. The number of aliphatic hydroxyl groups excluding tert-OH is 1. The van der Waals surface area contributed by atoms with Gasteiger partial charge in [0.05, 0.1) is 26.7 Å². The van der Waals surface area contributed by atoms with Crippen LogP contribution in [-0.4, -0.2) is 53.9 Å². The number of ether oxygens (including phenoxy) is 2. The molecule has 30 heavy (non-hydrogen) atoms. The van der Waals surface area contributed by atoms with Crippen molar-refractivity contribution in [2.75, 3.05) is 19.1 Å². The van der Waals surface area contributed by atoms with Crippen molar-refractivity contribution < 1.29 is 49.4 Å². The number of nitrogens with zero attached hydrogens (tertiary/aromatic N) is 2. The van der Waals surface area contributed by atoms with Crippen LogP contribution < -0.4 is 14.4 Å². The first-order valence-electron chi connectivity index (χ1n) is 8.92. The van der Waals surface area contributed by atoms with E-state index in [9.17, 15) is 19.8 Å². The molecule has 0 spiro atoms. The molecule has 2 aromatic rings. The van der Waals surface area contributed by atoms with Gasteiger partial charge >= 0.3 is 0 Å². The smallest absolute Gasteiger partial charge is 0.242 e. The number of amides is 2. The predicted molar refractivity (Wildman–Crippen MR) is 104 cm³/mol. The number of fused-ring (bicyclic) bond motifs is 2. The average Bonchev–Trinajstić information content (AvgIpc) is 3.16. The Morgan fingerprint density at radius 2 is 1.83 bits per heavy atom. The quantitative estimate of drug-likeness (QED) is 0.531. The first-order chi connectivity index (χ1) is 14.0. The van der Waals surface area contributed by atoms with Gasteiger partial charge in [0.1, 0.15) is 17.7 Å². The van der Waals surface area contributed by atoms with Gasteiger partial charge in [-0.15, -0.1) is 0 Å². The summed E-state index contributed by atoms with van der Waals surface area (Å²) in [7, 11) is 2.94. The van der Waals surface area contributed by atoms with Crippen LogP contribution in [0.1, 0.15) is 22.3 Å². The maximum absolute atomic E-state index is 13.2. The van der Waals surface area contributed by atoms with E-state index in [0.29, 0.717) is 12.2 Å². The molecule has 2 aliphatic heterocycles. The molecule has 4 rings (SSSR count). The number of phenolic OH excluding ortho intramolecular Hbond substituents is 1. The minimum absolute atomic E-state index is 0. The number of carbonyl (C=O) groups excluding carboxylic acids is 2. The van der Waals surface area contributed by atoms with Crippen molar-refractivity contribution >= 4 is 23.6 Å². The zero-order valence-corrected chi connectivity index (χ0v) is 18.6. The Kier molecular flexibility index (Phi) is 6.17. The molecule has 8 nitrogen and oxygen atoms in total. The standard InChI is InChI=1S/C21H19N2O6.Ir/c1-28-14-5-3-12(4-6-14)13-7-17-21(27)23(11-24)16-9-18(25)19(29-2)8-15(16)20(26)22(17)10-13;/h3-6,8-10,17,21,25,27H,7H2,1-2H3;/q-1;/t17-,21?;/m0./s1. The van der Waals surface area contributed by atoms with Gasteiger partial charge in [0, 0.05) is 26.3 Å². The second kappa shape index (κ2) is 8.47. The summed E-state index contributed by atoms with van der Waals surface area (Å²) in [5.74, 6) is 0.140. The van der Waals surface area contributed by atoms with E-state index in [4.69, 9.17) is 9.47 Å². The molecule has 159 valence electrons. The van der Waals surface area contributed by atoms with E-state index >= 15 is 0 Å². The van der Waals surface area contributed by atoms with Crippen molar-refractivity contribution in [3.63, 3.8) is 0 Å². The summed E-state index contributed by atoms with van der Waals surface area (Å²) in [5.41, 5.74) is 1.91. The number of methoxy groups -OCH3 is 2. The van der Waals surface area contributed by atoms with E-state index < -0.39 is 18.2 Å². The summed E-state index contributed by atoms with van der Waals surface area (Å²) in [6.45, 7) is 0. The molecular weight excluding hydrogens is 568 g/mol. The van der Waals surface area contributed by atoms with Crippen LogP contribution in [-0.2, 0) is 24.9 Å². The van der Waals surface area contributed by atoms with Gasteiger partial charge in [-0.3, -0.25) is 4.79 Å². The van der Waals surface area contributed by atoms with Crippen molar-refractivity contribution in [3.05, 3.63) is 53.7 Å². The fourth-order valence-electron chi connectivity index (χ4n) is 3.74. The minimum Gasteiger partial charge on any atom is -0.506 e. The number of aromatic hydroxyl groups is 1. The number of benzene rings is 2. The Morgan fingerprint density at radius 3 is 2.43 bits per heavy atom. The summed E-state index contributed by atoms with van der Waals surface area (Å²) in [4.78, 5) is 27.2. The number of rotatable bonds is 4. The van der Waals surface area contributed by atoms with Gasteiger partial charge in [-0.2, -0.15) is 0 Å². The number of anilines is 1. The summed E-state index contributed by atoms with van der Waals surface area (Å²) < 4.78 is 10.3. The first kappa shape index (κ1) is 21.8. The average molecular weight is 588 g/mol. The maximum Gasteiger partial charge on any atom is 0.242 e. The Labute approximate surface area is 186 Å². The Morgan fingerprint density at radius 1 is 1.13 bits per heavy atom. The normalized spacial score (nSPS) is 19.8. The van der Waals surface area contributed by atoms with Gasteiger partial charge < -0.3 is 34.3 Å². The molecule has 2 N–H and O–H groups in total. The van der Waals surface area contributed by atoms with Gasteiger partial charge in [0.2, 0.25) is 5.91 Å². The zero-order chi connectivity index (χ0) is 20.7. The van der Waals surface area contributed by atoms with E-state index in [0.717, 1.165) is 16.0 Å². The Bertz CT molecular complexity index is 1010. The van der Waals surface area contributed by atoms with E-state index in [2.05, 4.69) is 0 Å². The summed E-state index contributed by atoms with van der Waals surface area (Å²) >= 11 is 0. The molecular formula is C21H19IrN2O6-. The largest absolute Gasteiger partial charge is 0.506 e. The monoisotopic (exact) mass is 588 g/mol. The number of aliphatic hydroxyl groups is 1. The summed E-state index contributed by atoms with van der Waals surface area (Å²) in [6, 6.07) is 9.24. The summed E-state index contributed by atoms with van der Waals surface area (Å²) in [6.07, 6.45) is 2.36. The maximum atomic E-state index is 13.2. The number of hydrogen-bond acceptors (Lipinski definition) is 6. The van der Waals surface area contributed by atoms with Crippen LogP contribution in [0.15, 0.2) is 42.6 Å². The van der Waals surface area contributed by atoms with E-state index in [1.54, 1.807) is 19.7 Å². The van der Waals surface area contributed by atoms with E-state index in [1.165, 1.54) is 24.1 Å². The Hall–Kier alpha value is -2.87. The van der Waals surface area contributed by atoms with Crippen LogP contribution in [0.3, 0.4) is 0 Å². The number of carbonyl (C=O) groups is 1. The fourth-order valence-corrected chi connectivity index (χ4v) is 3.74. The van der Waals surface area contributed by atoms with Crippen LogP contribution in [0.2, 0.25) is 0 Å². The van der Waals surface area contributed by atoms with Crippen molar-refractivity contribution in [1.29, 1.82) is 0 Å². The van der Waals surface area contributed by atoms with Crippen LogP contribution in [0.25, 0.3) is 5.57 Å². The summed E-state index contributed by atoms with van der Waals surface area (Å²) in [5, 5.41) is 20.9. The molecule has 0 saturated heterocycles. The van der Waals surface area contributed by atoms with Crippen molar-refractivity contribution in [3.8, 4) is 17.2 Å². The SMILES string of the molecule is COc1ccc(C2=CN3C(=O)c4cc(OC)c(O)cc4N([C-]=O)C(O)[C@@H]3C2)cc1.[Ir]. The van der Waals surface area contributed by atoms with Crippen LogP contribution in [0.5, 0.6) is 17.2 Å².